The van der Waals surface area contributed by atoms with Crippen molar-refractivity contribution in [1.82, 2.24) is 5.32 Å². The summed E-state index contributed by atoms with van der Waals surface area (Å²) in [6.07, 6.45) is 58.2. The lowest BCUT2D eigenvalue weighted by Gasteiger charge is -2.25. The van der Waals surface area contributed by atoms with Gasteiger partial charge in [0.1, 0.15) is 13.2 Å². The molecule has 0 bridgehead atoms. The first-order valence-electron chi connectivity index (χ1n) is 26.9. The van der Waals surface area contributed by atoms with Gasteiger partial charge in [-0.2, -0.15) is 0 Å². The Morgan fingerprint density at radius 2 is 0.905 bits per heavy atom. The lowest BCUT2D eigenvalue weighted by atomic mass is 10.0. The Bertz CT molecular complexity index is 1120. The van der Waals surface area contributed by atoms with Gasteiger partial charge in [-0.1, -0.05) is 230 Å². The van der Waals surface area contributed by atoms with Crippen molar-refractivity contribution in [3.8, 4) is 0 Å². The molecule has 0 spiro atoms. The Balaban J connectivity index is 3.98. The summed E-state index contributed by atoms with van der Waals surface area (Å²) in [6, 6.07) is -0.842. The molecule has 3 unspecified atom stereocenters. The SMILES string of the molecule is CCCCCCC/C=C\C/C=C\CCCCCCCCCCCCCCCCCCCCCC(=O)NC(COP(=O)(O)OCC[N+](C)(C)C)C(O)/C=C/CCCCCCCCCC. The average molecular weight is 910 g/mol. The second-order valence-corrected chi connectivity index (χ2v) is 21.1. The molecule has 0 aliphatic rings. The Kier molecular flexibility index (Phi) is 44.9. The summed E-state index contributed by atoms with van der Waals surface area (Å²) >= 11 is 0. The highest BCUT2D eigenvalue weighted by atomic mass is 31.2. The van der Waals surface area contributed by atoms with Crippen LogP contribution in [0.15, 0.2) is 36.5 Å². The topological polar surface area (TPSA) is 105 Å². The normalized spacial score (nSPS) is 14.3. The summed E-state index contributed by atoms with van der Waals surface area (Å²) in [5, 5.41) is 13.8. The van der Waals surface area contributed by atoms with Gasteiger partial charge in [0.05, 0.1) is 39.9 Å². The molecule has 0 aliphatic heterocycles. The summed E-state index contributed by atoms with van der Waals surface area (Å²) in [4.78, 5) is 23.2. The van der Waals surface area contributed by atoms with Crippen molar-refractivity contribution in [1.29, 1.82) is 0 Å². The fourth-order valence-corrected chi connectivity index (χ4v) is 8.57. The molecule has 1 amide bonds. The minimum atomic E-state index is -4.33. The molecular weight excluding hydrogens is 804 g/mol. The van der Waals surface area contributed by atoms with Crippen molar-refractivity contribution in [2.75, 3.05) is 40.9 Å². The molecule has 63 heavy (non-hydrogen) atoms. The molecule has 0 aliphatic carbocycles. The van der Waals surface area contributed by atoms with Crippen LogP contribution in [0, 0.1) is 0 Å². The van der Waals surface area contributed by atoms with Gasteiger partial charge < -0.3 is 19.8 Å². The van der Waals surface area contributed by atoms with Crippen molar-refractivity contribution >= 4 is 13.7 Å². The molecule has 0 fully saturated rings. The first-order valence-corrected chi connectivity index (χ1v) is 28.4. The van der Waals surface area contributed by atoms with Gasteiger partial charge in [-0.3, -0.25) is 13.8 Å². The van der Waals surface area contributed by atoms with Crippen LogP contribution in [0.2, 0.25) is 0 Å². The number of nitrogens with zero attached hydrogens (tertiary/aromatic N) is 1. The molecule has 8 nitrogen and oxygen atoms in total. The second kappa shape index (κ2) is 45.9. The molecule has 0 aromatic rings. The Labute approximate surface area is 391 Å². The van der Waals surface area contributed by atoms with Gasteiger partial charge >= 0.3 is 7.82 Å². The van der Waals surface area contributed by atoms with E-state index in [1.807, 2.05) is 27.2 Å². The highest BCUT2D eigenvalue weighted by Crippen LogP contribution is 2.43. The van der Waals surface area contributed by atoms with Gasteiger partial charge in [0.15, 0.2) is 0 Å². The van der Waals surface area contributed by atoms with Crippen LogP contribution >= 0.6 is 7.82 Å². The highest BCUT2D eigenvalue weighted by molar-refractivity contribution is 7.47. The average Bonchev–Trinajstić information content (AvgIpc) is 3.24. The Morgan fingerprint density at radius 1 is 0.540 bits per heavy atom. The van der Waals surface area contributed by atoms with Gasteiger partial charge in [-0.15, -0.1) is 0 Å². The summed E-state index contributed by atoms with van der Waals surface area (Å²) in [6.45, 7) is 4.80. The number of likely N-dealkylation sites (N-methyl/N-ethyl adjacent to an activating group) is 1. The standard InChI is InChI=1S/C54H105N2O6P/c1-6-8-10-12-14-16-18-19-20-21-22-23-24-25-26-27-28-29-30-31-32-33-34-35-36-37-38-40-42-44-46-48-54(58)55-52(51-62-63(59,60)61-50-49-56(3,4)5)53(57)47-45-43-41-39-17-15-13-11-9-7-2/h18-19,21-22,45,47,52-53,57H,6-17,20,23-44,46,48-51H2,1-5H3,(H-,55,58,59,60)/p+1/b19-18-,22-21-,47-45+. The highest BCUT2D eigenvalue weighted by Gasteiger charge is 2.27. The quantitative estimate of drug-likeness (QED) is 0.0243. The monoisotopic (exact) mass is 910 g/mol. The summed E-state index contributed by atoms with van der Waals surface area (Å²) in [5.74, 6) is -0.176. The van der Waals surface area contributed by atoms with Crippen molar-refractivity contribution in [2.24, 2.45) is 0 Å². The first-order chi connectivity index (χ1) is 30.5. The molecule has 0 heterocycles. The van der Waals surface area contributed by atoms with Crippen LogP contribution < -0.4 is 5.32 Å². The number of hydrogen-bond acceptors (Lipinski definition) is 5. The molecule has 372 valence electrons. The summed E-state index contributed by atoms with van der Waals surface area (Å²) < 4.78 is 23.6. The summed E-state index contributed by atoms with van der Waals surface area (Å²) in [7, 11) is 1.58. The number of rotatable bonds is 49. The lowest BCUT2D eigenvalue weighted by Crippen LogP contribution is -2.45. The van der Waals surface area contributed by atoms with Gasteiger partial charge in [0.2, 0.25) is 5.91 Å². The number of amides is 1. The largest absolute Gasteiger partial charge is 0.472 e. The second-order valence-electron chi connectivity index (χ2n) is 19.6. The molecule has 0 radical (unpaired) electrons. The maximum atomic E-state index is 12.9. The maximum absolute atomic E-state index is 12.9. The number of quaternary nitrogens is 1. The molecule has 0 aromatic heterocycles. The van der Waals surface area contributed by atoms with Crippen LogP contribution in [0.5, 0.6) is 0 Å². The van der Waals surface area contributed by atoms with E-state index in [0.29, 0.717) is 17.4 Å². The van der Waals surface area contributed by atoms with Crippen LogP contribution in [0.4, 0.5) is 0 Å². The van der Waals surface area contributed by atoms with E-state index >= 15 is 0 Å². The van der Waals surface area contributed by atoms with E-state index in [2.05, 4.69) is 43.5 Å². The fraction of sp³-hybridized carbons (Fsp3) is 0.870. The number of aliphatic hydroxyl groups excluding tert-OH is 1. The van der Waals surface area contributed by atoms with Gasteiger partial charge in [-0.05, 0) is 51.4 Å². The number of phosphoric ester groups is 1. The number of carbonyl (C=O) groups is 1. The number of allylic oxidation sites excluding steroid dienone is 5. The van der Waals surface area contributed by atoms with Crippen LogP contribution in [0.3, 0.4) is 0 Å². The van der Waals surface area contributed by atoms with Crippen LogP contribution in [-0.2, 0) is 18.4 Å². The third kappa shape index (κ3) is 48.5. The number of unbranched alkanes of at least 4 members (excludes halogenated alkanes) is 32. The van der Waals surface area contributed by atoms with E-state index in [1.54, 1.807) is 6.08 Å². The van der Waals surface area contributed by atoms with Crippen molar-refractivity contribution in [3.05, 3.63) is 36.5 Å². The van der Waals surface area contributed by atoms with Crippen LogP contribution in [0.25, 0.3) is 0 Å². The van der Waals surface area contributed by atoms with E-state index in [4.69, 9.17) is 9.05 Å². The van der Waals surface area contributed by atoms with E-state index in [-0.39, 0.29) is 19.1 Å². The minimum absolute atomic E-state index is 0.0626. The molecule has 0 saturated carbocycles. The number of carbonyl (C=O) groups excluding carboxylic acids is 1. The zero-order valence-corrected chi connectivity index (χ0v) is 43.2. The van der Waals surface area contributed by atoms with Crippen LogP contribution in [0.1, 0.15) is 251 Å². The van der Waals surface area contributed by atoms with Crippen molar-refractivity contribution < 1.29 is 32.9 Å². The predicted octanol–water partition coefficient (Wildman–Crippen LogP) is 15.8. The number of hydrogen-bond donors (Lipinski definition) is 3. The third-order valence-electron chi connectivity index (χ3n) is 12.1. The number of nitrogens with one attached hydrogen (secondary N) is 1. The van der Waals surface area contributed by atoms with Gasteiger partial charge in [-0.25, -0.2) is 4.57 Å². The predicted molar refractivity (Wildman–Crippen MR) is 272 cm³/mol. The Hall–Kier alpha value is -1.28. The zero-order valence-electron chi connectivity index (χ0n) is 42.3. The van der Waals surface area contributed by atoms with Crippen molar-refractivity contribution in [3.63, 3.8) is 0 Å². The number of aliphatic hydroxyl groups is 1. The van der Waals surface area contributed by atoms with E-state index in [0.717, 1.165) is 44.9 Å². The molecule has 3 atom stereocenters. The molecule has 9 heteroatoms. The van der Waals surface area contributed by atoms with E-state index < -0.39 is 20.0 Å². The zero-order chi connectivity index (χ0) is 46.4. The van der Waals surface area contributed by atoms with E-state index in [1.165, 1.54) is 186 Å². The van der Waals surface area contributed by atoms with E-state index in [9.17, 15) is 19.4 Å². The Morgan fingerprint density at radius 3 is 1.30 bits per heavy atom. The molecule has 3 N–H and O–H groups in total. The lowest BCUT2D eigenvalue weighted by molar-refractivity contribution is -0.870. The molecule has 0 saturated heterocycles. The molecule has 0 rings (SSSR count). The number of phosphoric acid groups is 1. The smallest absolute Gasteiger partial charge is 0.387 e. The fourth-order valence-electron chi connectivity index (χ4n) is 7.84. The first kappa shape index (κ1) is 61.7. The van der Waals surface area contributed by atoms with Gasteiger partial charge in [0.25, 0.3) is 0 Å². The van der Waals surface area contributed by atoms with Gasteiger partial charge in [0, 0.05) is 6.42 Å². The summed E-state index contributed by atoms with van der Waals surface area (Å²) in [5.41, 5.74) is 0. The molecule has 0 aromatic carbocycles. The third-order valence-corrected chi connectivity index (χ3v) is 13.1. The maximum Gasteiger partial charge on any atom is 0.472 e. The molecular formula is C54H106N2O6P+. The van der Waals surface area contributed by atoms with Crippen molar-refractivity contribution in [2.45, 2.75) is 264 Å². The van der Waals surface area contributed by atoms with Crippen LogP contribution in [-0.4, -0.2) is 73.4 Å². The minimum Gasteiger partial charge on any atom is -0.387 e.